The molecule has 0 heterocycles. The molecule has 0 aliphatic heterocycles. The molecular weight excluding hydrogens is 108 g/mol. The van der Waals surface area contributed by atoms with E-state index in [0.717, 1.165) is 0 Å². The molecule has 0 amide bonds. The van der Waals surface area contributed by atoms with Crippen molar-refractivity contribution in [3.05, 3.63) is 12.7 Å². The second kappa shape index (κ2) is 3.77. The average Bonchev–Trinajstić information content (AvgIpc) is 1.68. The Balaban J connectivity index is 3.49. The van der Waals surface area contributed by atoms with Crippen LogP contribution in [0, 0.1) is 11.8 Å². The van der Waals surface area contributed by atoms with Crippen molar-refractivity contribution in [3.63, 3.8) is 0 Å². The number of allylic oxidation sites excluding steroid dienone is 1. The van der Waals surface area contributed by atoms with Crippen molar-refractivity contribution in [1.82, 2.24) is 0 Å². The molecule has 0 aliphatic rings. The third-order valence-electron chi connectivity index (χ3n) is 0.489. The second-order valence-corrected chi connectivity index (χ2v) is 1.50. The summed E-state index contributed by atoms with van der Waals surface area (Å²) in [6.07, 6.45) is 1.60. The fourth-order valence-electron chi connectivity index (χ4n) is 0.197. The van der Waals surface area contributed by atoms with Gasteiger partial charge >= 0.3 is 0 Å². The van der Waals surface area contributed by atoms with Gasteiger partial charge in [0.25, 0.3) is 0 Å². The lowest BCUT2D eigenvalue weighted by Crippen LogP contribution is -1.82. The van der Waals surface area contributed by atoms with Crippen LogP contribution in [0.25, 0.3) is 0 Å². The Hall–Kier alpha value is -0.410. The molecule has 0 nitrogen and oxygen atoms in total. The zero-order valence-electron chi connectivity index (χ0n) is 4.24. The molecule has 0 aromatic heterocycles. The van der Waals surface area contributed by atoms with Gasteiger partial charge in [0.15, 0.2) is 0 Å². The molecule has 38 valence electrons. The van der Waals surface area contributed by atoms with Gasteiger partial charge < -0.3 is 0 Å². The highest BCUT2D eigenvalue weighted by molar-refractivity contribution is 6.23. The van der Waals surface area contributed by atoms with Gasteiger partial charge in [0.05, 0.1) is 0 Å². The van der Waals surface area contributed by atoms with E-state index in [1.807, 2.05) is 0 Å². The smallest absolute Gasteiger partial charge is 0.105 e. The van der Waals surface area contributed by atoms with Gasteiger partial charge in [-0.15, -0.1) is 24.1 Å². The summed E-state index contributed by atoms with van der Waals surface area (Å²) in [4.78, 5) is 0. The Morgan fingerprint density at radius 2 is 2.43 bits per heavy atom. The topological polar surface area (TPSA) is 0 Å². The predicted molar refractivity (Wildman–Crippen MR) is 33.3 cm³/mol. The molecule has 0 saturated carbocycles. The summed E-state index contributed by atoms with van der Waals surface area (Å²) >= 11 is 5.47. The van der Waals surface area contributed by atoms with Crippen LogP contribution < -0.4 is 0 Å². The minimum Gasteiger partial charge on any atom is -0.105 e. The van der Waals surface area contributed by atoms with Crippen molar-refractivity contribution in [3.8, 4) is 11.8 Å². The number of alkyl halides is 1. The van der Waals surface area contributed by atoms with Gasteiger partial charge in [0.2, 0.25) is 0 Å². The molecule has 0 saturated heterocycles. The van der Waals surface area contributed by atoms with Crippen LogP contribution in [-0.2, 0) is 0 Å². The van der Waals surface area contributed by atoms with Gasteiger partial charge in [-0.3, -0.25) is 0 Å². The Morgan fingerprint density at radius 1 is 1.86 bits per heavy atom. The van der Waals surface area contributed by atoms with E-state index in [4.69, 9.17) is 11.6 Å². The first-order valence-corrected chi connectivity index (χ1v) is 2.43. The summed E-state index contributed by atoms with van der Waals surface area (Å²) in [5.74, 6) is 5.36. The van der Waals surface area contributed by atoms with Crippen molar-refractivity contribution < 1.29 is 0 Å². The van der Waals surface area contributed by atoms with E-state index in [-0.39, 0.29) is 5.38 Å². The van der Waals surface area contributed by atoms with E-state index >= 15 is 0 Å². The Kier molecular flexibility index (Phi) is 3.55. The lowest BCUT2D eigenvalue weighted by Gasteiger charge is -1.83. The maximum atomic E-state index is 5.47. The van der Waals surface area contributed by atoms with Crippen LogP contribution in [0.1, 0.15) is 6.92 Å². The van der Waals surface area contributed by atoms with Gasteiger partial charge in [-0.2, -0.15) is 0 Å². The van der Waals surface area contributed by atoms with Gasteiger partial charge in [-0.05, 0) is 6.92 Å². The van der Waals surface area contributed by atoms with Gasteiger partial charge in [0, 0.05) is 0 Å². The minimum absolute atomic E-state index is 0.176. The molecule has 0 aliphatic carbocycles. The summed E-state index contributed by atoms with van der Waals surface area (Å²) in [7, 11) is 0. The van der Waals surface area contributed by atoms with E-state index in [2.05, 4.69) is 18.4 Å². The molecule has 0 N–H and O–H groups in total. The quantitative estimate of drug-likeness (QED) is 0.277. The van der Waals surface area contributed by atoms with Crippen LogP contribution in [0.15, 0.2) is 12.7 Å². The lowest BCUT2D eigenvalue weighted by atomic mass is 10.4. The fourth-order valence-corrected chi connectivity index (χ4v) is 0.306. The largest absolute Gasteiger partial charge is 0.112 e. The summed E-state index contributed by atoms with van der Waals surface area (Å²) < 4.78 is 0. The fraction of sp³-hybridized carbons (Fsp3) is 0.333. The van der Waals surface area contributed by atoms with Crippen molar-refractivity contribution in [2.24, 2.45) is 0 Å². The Labute approximate surface area is 49.2 Å². The first-order chi connectivity index (χ1) is 3.31. The van der Waals surface area contributed by atoms with Crippen LogP contribution in [0.5, 0.6) is 0 Å². The molecule has 1 heteroatoms. The molecule has 0 radical (unpaired) electrons. The molecular formula is C6H7Cl. The van der Waals surface area contributed by atoms with E-state index in [9.17, 15) is 0 Å². The highest BCUT2D eigenvalue weighted by Gasteiger charge is 1.84. The molecule has 7 heavy (non-hydrogen) atoms. The number of rotatable bonds is 1. The lowest BCUT2D eigenvalue weighted by molar-refractivity contribution is 1.48. The van der Waals surface area contributed by atoms with E-state index in [1.165, 1.54) is 0 Å². The monoisotopic (exact) mass is 114 g/mol. The highest BCUT2D eigenvalue weighted by atomic mass is 35.5. The van der Waals surface area contributed by atoms with Gasteiger partial charge in [-0.1, -0.05) is 12.0 Å². The van der Waals surface area contributed by atoms with Crippen LogP contribution in [0.2, 0.25) is 0 Å². The number of halogens is 1. The van der Waals surface area contributed by atoms with Crippen LogP contribution in [0.3, 0.4) is 0 Å². The third kappa shape index (κ3) is 3.42. The number of hydrogen-bond acceptors (Lipinski definition) is 0. The Bertz CT molecular complexity index is 105. The zero-order valence-corrected chi connectivity index (χ0v) is 5.00. The van der Waals surface area contributed by atoms with Crippen LogP contribution in [-0.4, -0.2) is 5.38 Å². The minimum atomic E-state index is -0.176. The maximum absolute atomic E-state index is 5.47. The Morgan fingerprint density at radius 3 is 2.57 bits per heavy atom. The normalized spacial score (nSPS) is 11.1. The summed E-state index contributed by atoms with van der Waals surface area (Å²) in [5.41, 5.74) is 0. The maximum Gasteiger partial charge on any atom is 0.112 e. The SMILES string of the molecule is C=CC(Cl)C#CC. The predicted octanol–water partition coefficient (Wildman–Crippen LogP) is 1.80. The first kappa shape index (κ1) is 6.59. The van der Waals surface area contributed by atoms with Crippen LogP contribution >= 0.6 is 11.6 Å². The third-order valence-corrected chi connectivity index (χ3v) is 0.776. The van der Waals surface area contributed by atoms with Crippen molar-refractivity contribution >= 4 is 11.6 Å². The second-order valence-electron chi connectivity index (χ2n) is 1.03. The molecule has 0 bridgehead atoms. The molecule has 1 unspecified atom stereocenters. The highest BCUT2D eigenvalue weighted by Crippen LogP contribution is 1.91. The summed E-state index contributed by atoms with van der Waals surface area (Å²) in [6, 6.07) is 0. The van der Waals surface area contributed by atoms with E-state index in [0.29, 0.717) is 0 Å². The standard InChI is InChI=1S/C6H7Cl/c1-3-5-6(7)4-2/h4,6H,2H2,1H3. The molecule has 1 atom stereocenters. The average molecular weight is 115 g/mol. The first-order valence-electron chi connectivity index (χ1n) is 2.00. The summed E-state index contributed by atoms with van der Waals surface area (Å²) in [6.45, 7) is 5.19. The van der Waals surface area contributed by atoms with Crippen LogP contribution in [0.4, 0.5) is 0 Å². The molecule has 0 fully saturated rings. The van der Waals surface area contributed by atoms with Crippen molar-refractivity contribution in [2.45, 2.75) is 12.3 Å². The van der Waals surface area contributed by atoms with Gasteiger partial charge in [0.1, 0.15) is 5.38 Å². The van der Waals surface area contributed by atoms with Crippen molar-refractivity contribution in [2.75, 3.05) is 0 Å². The number of hydrogen-bond donors (Lipinski definition) is 0. The summed E-state index contributed by atoms with van der Waals surface area (Å²) in [5, 5.41) is -0.176. The molecule has 0 aromatic rings. The zero-order chi connectivity index (χ0) is 5.70. The van der Waals surface area contributed by atoms with Crippen molar-refractivity contribution in [1.29, 1.82) is 0 Å². The van der Waals surface area contributed by atoms with E-state index < -0.39 is 0 Å². The van der Waals surface area contributed by atoms with Gasteiger partial charge in [-0.25, -0.2) is 0 Å². The molecule has 0 rings (SSSR count). The van der Waals surface area contributed by atoms with E-state index in [1.54, 1.807) is 13.0 Å². The molecule has 0 spiro atoms. The molecule has 0 aromatic carbocycles.